The maximum Gasteiger partial charge on any atom is 0.303 e. The highest BCUT2D eigenvalue weighted by Crippen LogP contribution is 2.24. The molecule has 7 rings (SSSR count). The number of aliphatic hydroxyl groups excluding tert-OH is 3. The fraction of sp³-hybridized carbons (Fsp3) is 0.461. The Hall–Kier alpha value is -11.2. The van der Waals surface area contributed by atoms with E-state index in [1.807, 2.05) is 24.3 Å². The summed E-state index contributed by atoms with van der Waals surface area (Å²) in [6.45, 7) is 8.30. The number of aromatic nitrogens is 4. The highest BCUT2D eigenvalue weighted by atomic mass is 32.2. The lowest BCUT2D eigenvalue weighted by Crippen LogP contribution is -2.63. The number of carboxylic acid groups (broad SMARTS) is 1. The Morgan fingerprint density at radius 3 is 1.55 bits per heavy atom. The molecular weight excluding hydrogens is 1510 g/mol. The number of aromatic amines is 2. The number of imidazole rings is 1. The maximum absolute atomic E-state index is 15.0. The number of aliphatic carboxylic acids is 1. The molecule has 610 valence electrons. The van der Waals surface area contributed by atoms with Gasteiger partial charge in [0.1, 0.15) is 83.6 Å². The number of nitrogens with zero attached hydrogens (tertiary/aromatic N) is 2. The first-order valence-corrected chi connectivity index (χ1v) is 39.0. The third-order valence-electron chi connectivity index (χ3n) is 18.3. The van der Waals surface area contributed by atoms with E-state index < -0.39 is 193 Å². The van der Waals surface area contributed by atoms with Gasteiger partial charge < -0.3 is 105 Å². The zero-order valence-corrected chi connectivity index (χ0v) is 64.9. The molecule has 0 aliphatic carbocycles. The molecule has 0 radical (unpaired) electrons. The lowest BCUT2D eigenvalue weighted by Gasteiger charge is -2.32. The SMILES string of the molecule is CCC[C@@H]1NC(=O)[C@H](Cc2ccc(O)cc2)NC(=O)[C@H](CCC(=O)O)NC(=O)[C@H](CCO)NC(=O)[C@H](Cc2c[nH]c3ncccc23)NC(=O)[C@H]([C@@H](C)O)NC(=O)[C@H](Cc2cnc[nH]2)NC(=O)[C@H](Cc2ccc(O)cc2)NC(=O)[C@H](C(C)(C)C)NC(=O)CCSCc2cccc(c2)CSC[C@@H](C(N)=O)NC(=O)[C@H]([C@@H](C)O)NC1=O. The largest absolute Gasteiger partial charge is 0.508 e. The smallest absolute Gasteiger partial charge is 0.303 e. The highest BCUT2D eigenvalue weighted by Gasteiger charge is 2.40. The van der Waals surface area contributed by atoms with E-state index in [-0.39, 0.29) is 61.5 Å². The Labute approximate surface area is 659 Å². The number of nitrogens with two attached hydrogens (primary N) is 1. The summed E-state index contributed by atoms with van der Waals surface area (Å²) in [7, 11) is 0. The van der Waals surface area contributed by atoms with Crippen LogP contribution in [0.25, 0.3) is 11.0 Å². The van der Waals surface area contributed by atoms with Crippen molar-refractivity contribution in [1.29, 1.82) is 0 Å². The molecule has 3 aromatic carbocycles. The second kappa shape index (κ2) is 43.0. The number of fused-ring (bicyclic) bond motifs is 3. The minimum atomic E-state index is -1.95. The number of pyridine rings is 1. The molecule has 3 aromatic heterocycles. The Kier molecular flexibility index (Phi) is 33.9. The van der Waals surface area contributed by atoms with Crippen molar-refractivity contribution in [3.05, 3.63) is 143 Å². The predicted octanol–water partition coefficient (Wildman–Crippen LogP) is -0.789. The molecule has 2 bridgehead atoms. The third kappa shape index (κ3) is 27.9. The molecule has 21 N–H and O–H groups in total. The van der Waals surface area contributed by atoms with Gasteiger partial charge in [-0.25, -0.2) is 9.97 Å². The number of carbonyl (C=O) groups excluding carboxylic acids is 12. The van der Waals surface area contributed by atoms with Gasteiger partial charge in [0.25, 0.3) is 0 Å². The molecule has 0 saturated carbocycles. The fourth-order valence-electron chi connectivity index (χ4n) is 12.1. The van der Waals surface area contributed by atoms with Gasteiger partial charge in [0, 0.05) is 97.8 Å². The van der Waals surface area contributed by atoms with Crippen molar-refractivity contribution in [3.63, 3.8) is 0 Å². The Bertz CT molecular complexity index is 4270. The molecule has 6 aromatic rings. The van der Waals surface area contributed by atoms with Crippen molar-refractivity contribution >= 4 is 111 Å². The van der Waals surface area contributed by atoms with E-state index in [9.17, 15) is 93.0 Å². The van der Waals surface area contributed by atoms with Crippen molar-refractivity contribution in [2.75, 3.05) is 18.1 Å². The van der Waals surface area contributed by atoms with Crippen LogP contribution in [0.2, 0.25) is 0 Å². The van der Waals surface area contributed by atoms with Crippen LogP contribution >= 0.6 is 23.5 Å². The zero-order valence-electron chi connectivity index (χ0n) is 63.3. The molecular formula is C76H100N16O19S2. The van der Waals surface area contributed by atoms with Gasteiger partial charge in [-0.1, -0.05) is 82.6 Å². The average molecular weight is 1610 g/mol. The number of amides is 12. The molecule has 0 fully saturated rings. The first kappa shape index (κ1) is 89.1. The summed E-state index contributed by atoms with van der Waals surface area (Å²) in [6, 6.07) is 3.80. The number of rotatable bonds is 18. The van der Waals surface area contributed by atoms with Gasteiger partial charge in [-0.3, -0.25) is 62.3 Å². The van der Waals surface area contributed by atoms with Crippen molar-refractivity contribution in [2.45, 2.75) is 196 Å². The summed E-state index contributed by atoms with van der Waals surface area (Å²) >= 11 is 2.65. The van der Waals surface area contributed by atoms with Crippen molar-refractivity contribution < 1.29 is 93.0 Å². The van der Waals surface area contributed by atoms with Crippen LogP contribution in [0.1, 0.15) is 114 Å². The maximum atomic E-state index is 15.0. The van der Waals surface area contributed by atoms with Gasteiger partial charge in [-0.15, -0.1) is 0 Å². The monoisotopic (exact) mass is 1600 g/mol. The van der Waals surface area contributed by atoms with Crippen LogP contribution in [-0.4, -0.2) is 224 Å². The van der Waals surface area contributed by atoms with E-state index in [1.165, 1.54) is 104 Å². The molecule has 37 heteroatoms. The number of primary amides is 1. The number of nitrogens with one attached hydrogen (secondary N) is 13. The number of aromatic hydroxyl groups is 2. The zero-order chi connectivity index (χ0) is 82.6. The van der Waals surface area contributed by atoms with Crippen LogP contribution in [0.3, 0.4) is 0 Å². The number of phenolic OH excluding ortho intramolecular Hbond substituents is 2. The lowest BCUT2D eigenvalue weighted by molar-refractivity contribution is -0.139. The predicted molar refractivity (Wildman–Crippen MR) is 416 cm³/mol. The molecule has 4 heterocycles. The Morgan fingerprint density at radius 1 is 0.558 bits per heavy atom. The van der Waals surface area contributed by atoms with E-state index in [0.717, 1.165) is 18.1 Å². The van der Waals surface area contributed by atoms with Crippen molar-refractivity contribution in [1.82, 2.24) is 78.4 Å². The fourth-order valence-corrected chi connectivity index (χ4v) is 14.0. The van der Waals surface area contributed by atoms with Crippen molar-refractivity contribution in [2.24, 2.45) is 11.1 Å². The molecule has 1 aliphatic heterocycles. The number of carbonyl (C=O) groups is 13. The minimum absolute atomic E-state index is 0.0496. The summed E-state index contributed by atoms with van der Waals surface area (Å²) in [6.07, 6.45) is -1.07. The second-order valence-corrected chi connectivity index (χ2v) is 30.7. The normalized spacial score (nSPS) is 23.5. The first-order valence-electron chi connectivity index (χ1n) is 36.7. The summed E-state index contributed by atoms with van der Waals surface area (Å²) in [5, 5.41) is 91.8. The van der Waals surface area contributed by atoms with Gasteiger partial charge in [0.15, 0.2) is 0 Å². The molecule has 113 heavy (non-hydrogen) atoms. The number of hydrogen-bond acceptors (Lipinski definition) is 22. The van der Waals surface area contributed by atoms with Gasteiger partial charge >= 0.3 is 5.97 Å². The van der Waals surface area contributed by atoms with Crippen LogP contribution in [0.15, 0.2) is 110 Å². The number of hydrogen-bond donors (Lipinski definition) is 20. The van der Waals surface area contributed by atoms with Crippen LogP contribution in [0.4, 0.5) is 0 Å². The topological polar surface area (TPSA) is 559 Å². The minimum Gasteiger partial charge on any atom is -0.508 e. The molecule has 1 aliphatic rings. The van der Waals surface area contributed by atoms with E-state index in [0.29, 0.717) is 45.0 Å². The molecule has 0 unspecified atom stereocenters. The lowest BCUT2D eigenvalue weighted by atomic mass is 9.85. The number of benzene rings is 3. The Morgan fingerprint density at radius 2 is 1.04 bits per heavy atom. The van der Waals surface area contributed by atoms with Crippen LogP contribution < -0.4 is 64.2 Å². The second-order valence-electron chi connectivity index (χ2n) is 28.5. The first-order chi connectivity index (χ1) is 53.7. The van der Waals surface area contributed by atoms with E-state index >= 15 is 0 Å². The van der Waals surface area contributed by atoms with Gasteiger partial charge in [-0.05, 0) is 103 Å². The van der Waals surface area contributed by atoms with Gasteiger partial charge in [0.05, 0.1) is 18.5 Å². The number of aliphatic hydroxyl groups is 3. The molecule has 12 amide bonds. The van der Waals surface area contributed by atoms with Crippen LogP contribution in [0, 0.1) is 5.41 Å². The standard InChI is InChI=1S/C76H100N16O19S2/c1-7-10-51-68(104)91-62(41(3)95)74(110)89-58(64(77)101)38-113-37-45-12-8-11-44(29-45)36-112-28-25-59(98)90-63(76(4,5)6)75(111)88-55(31-43-16-20-49(97)21-17-43)70(106)86-57(33-47-35-78-39-81-47)72(108)92-61(40(2)94)73(109)87-56(32-46-34-80-65-50(46)13-9-26-79-65)71(107)84-53(24-27-93)67(103)83-52(22-23-60(99)100)66(102)85-54(69(105)82-51)30-42-14-18-48(96)19-15-42/h8-9,11-21,26,29,34-35,39-41,51-58,61-63,93-97H,7,10,22-25,27-28,30-33,36-38H2,1-6H3,(H2,77,101)(H,78,81)(H,79,80)(H,82,105)(H,83,103)(H,84,107)(H,85,102)(H,86,106)(H,87,109)(H,88,111)(H,89,110)(H,90,98)(H,91,104)(H,92,108)(H,99,100)/t40-,41-,51+,52+,53+,54+,55+,56+,57+,58+,61+,62+,63-/m1/s1. The number of carboxylic acids is 1. The van der Waals surface area contributed by atoms with Crippen molar-refractivity contribution in [3.8, 4) is 11.5 Å². The summed E-state index contributed by atoms with van der Waals surface area (Å²) < 4.78 is 0. The van der Waals surface area contributed by atoms with Crippen LogP contribution in [0.5, 0.6) is 11.5 Å². The molecule has 13 atom stereocenters. The summed E-state index contributed by atoms with van der Waals surface area (Å²) in [5.41, 5.74) is 8.25. The average Bonchev–Trinajstić information content (AvgIpc) is 1.38. The quantitative estimate of drug-likeness (QED) is 0.0501. The molecule has 0 saturated heterocycles. The van der Waals surface area contributed by atoms with E-state index in [1.54, 1.807) is 39.8 Å². The number of thioether (sulfide) groups is 2. The van der Waals surface area contributed by atoms with Gasteiger partial charge in [0.2, 0.25) is 70.9 Å². The number of phenols is 2. The van der Waals surface area contributed by atoms with Gasteiger partial charge in [-0.2, -0.15) is 23.5 Å². The van der Waals surface area contributed by atoms with E-state index in [4.69, 9.17) is 5.73 Å². The highest BCUT2D eigenvalue weighted by molar-refractivity contribution is 7.98. The summed E-state index contributed by atoms with van der Waals surface area (Å²) in [5.74, 6) is -12.7. The molecule has 35 nitrogen and oxygen atoms in total. The number of H-pyrrole nitrogens is 2. The van der Waals surface area contributed by atoms with E-state index in [2.05, 4.69) is 78.4 Å². The molecule has 0 spiro atoms. The third-order valence-corrected chi connectivity index (χ3v) is 20.4. The Balaban J connectivity index is 1.25. The summed E-state index contributed by atoms with van der Waals surface area (Å²) in [4.78, 5) is 200. The van der Waals surface area contributed by atoms with Crippen LogP contribution in [-0.2, 0) is 99.5 Å².